The summed E-state index contributed by atoms with van der Waals surface area (Å²) in [5.74, 6) is 0.140. The van der Waals surface area contributed by atoms with E-state index in [1.165, 1.54) is 17.6 Å². The number of rotatable bonds is 6. The van der Waals surface area contributed by atoms with Gasteiger partial charge >= 0.3 is 0 Å². The lowest BCUT2D eigenvalue weighted by molar-refractivity contribution is -0.120. The van der Waals surface area contributed by atoms with Crippen LogP contribution in [0.4, 0.5) is 17.2 Å². The number of fused-ring (bicyclic) bond motifs is 1. The lowest BCUT2D eigenvalue weighted by Crippen LogP contribution is -2.39. The van der Waals surface area contributed by atoms with Gasteiger partial charge in [0.25, 0.3) is 0 Å². The minimum absolute atomic E-state index is 0.0512. The molecule has 1 N–H and O–H groups in total. The van der Waals surface area contributed by atoms with Crippen LogP contribution in [0.1, 0.15) is 24.5 Å². The number of aryl methyl sites for hydroxylation is 1. The van der Waals surface area contributed by atoms with E-state index in [1.807, 2.05) is 24.3 Å². The molecule has 33 heavy (non-hydrogen) atoms. The Hall–Kier alpha value is -3.71. The van der Waals surface area contributed by atoms with Crippen molar-refractivity contribution in [1.82, 2.24) is 4.98 Å². The molecule has 168 valence electrons. The van der Waals surface area contributed by atoms with E-state index in [-0.39, 0.29) is 18.9 Å². The van der Waals surface area contributed by atoms with Crippen LogP contribution in [0.15, 0.2) is 65.8 Å². The molecule has 0 saturated carbocycles. The number of methoxy groups -OCH3 is 1. The zero-order valence-corrected chi connectivity index (χ0v) is 19.1. The Morgan fingerprint density at radius 2 is 1.97 bits per heavy atom. The number of carbonyl (C=O) groups is 2. The number of benzene rings is 2. The molecule has 2 heterocycles. The minimum Gasteiger partial charge on any atom is -0.495 e. The van der Waals surface area contributed by atoms with Crippen LogP contribution in [0.5, 0.6) is 5.75 Å². The van der Waals surface area contributed by atoms with Gasteiger partial charge in [0.15, 0.2) is 5.82 Å². The lowest BCUT2D eigenvalue weighted by atomic mass is 10.0. The summed E-state index contributed by atoms with van der Waals surface area (Å²) >= 11 is 6.06. The number of carbonyl (C=O) groups excluding carboxylic acids is 2. The summed E-state index contributed by atoms with van der Waals surface area (Å²) < 4.78 is 5.28. The van der Waals surface area contributed by atoms with Gasteiger partial charge in [-0.25, -0.2) is 9.98 Å². The van der Waals surface area contributed by atoms with Crippen LogP contribution in [-0.2, 0) is 16.0 Å². The second kappa shape index (κ2) is 9.83. The quantitative estimate of drug-likeness (QED) is 0.570. The van der Waals surface area contributed by atoms with E-state index in [0.29, 0.717) is 33.7 Å². The number of anilines is 2. The van der Waals surface area contributed by atoms with Crippen LogP contribution < -0.4 is 15.0 Å². The molecule has 1 aliphatic rings. The van der Waals surface area contributed by atoms with Crippen LogP contribution >= 0.6 is 11.6 Å². The van der Waals surface area contributed by atoms with Crippen molar-refractivity contribution in [1.29, 1.82) is 0 Å². The maximum atomic E-state index is 13.2. The molecule has 2 aromatic carbocycles. The number of aromatic nitrogens is 1. The lowest BCUT2D eigenvalue weighted by Gasteiger charge is -2.21. The van der Waals surface area contributed by atoms with Crippen LogP contribution in [0.2, 0.25) is 5.02 Å². The zero-order chi connectivity index (χ0) is 23.4. The molecule has 3 aromatic rings. The van der Waals surface area contributed by atoms with Crippen molar-refractivity contribution in [2.75, 3.05) is 23.9 Å². The van der Waals surface area contributed by atoms with E-state index in [0.717, 1.165) is 12.0 Å². The number of amides is 2. The molecule has 0 fully saturated rings. The summed E-state index contributed by atoms with van der Waals surface area (Å²) in [5.41, 5.74) is 3.66. The molecule has 0 bridgehead atoms. The Bertz CT molecular complexity index is 1220. The third-order valence-corrected chi connectivity index (χ3v) is 5.56. The van der Waals surface area contributed by atoms with Gasteiger partial charge in [-0.1, -0.05) is 42.8 Å². The van der Waals surface area contributed by atoms with Crippen molar-refractivity contribution in [2.24, 2.45) is 4.99 Å². The highest BCUT2D eigenvalue weighted by atomic mass is 35.5. The molecule has 0 atom stereocenters. The van der Waals surface area contributed by atoms with E-state index in [4.69, 9.17) is 21.3 Å². The average Bonchev–Trinajstić information content (AvgIpc) is 2.96. The molecule has 7 nitrogen and oxygen atoms in total. The SMILES string of the molecule is CCc1ccc(C2=Nc3cccnc3N(CC(=O)Nc3cc(Cl)ccc3OC)C(=O)C2)cc1. The number of nitrogens with zero attached hydrogens (tertiary/aromatic N) is 3. The molecule has 1 aromatic heterocycles. The monoisotopic (exact) mass is 462 g/mol. The van der Waals surface area contributed by atoms with Gasteiger partial charge in [0, 0.05) is 11.2 Å². The fourth-order valence-corrected chi connectivity index (χ4v) is 3.77. The smallest absolute Gasteiger partial charge is 0.244 e. The normalized spacial score (nSPS) is 13.1. The van der Waals surface area contributed by atoms with E-state index in [1.54, 1.807) is 36.5 Å². The fourth-order valence-electron chi connectivity index (χ4n) is 3.60. The first-order valence-corrected chi connectivity index (χ1v) is 10.9. The standard InChI is InChI=1S/C25H23ClN4O3/c1-3-16-6-8-17(9-7-16)20-14-24(32)30(25-19(28-20)5-4-12-27-25)15-23(31)29-21-13-18(26)10-11-22(21)33-2/h4-13H,3,14-15H2,1-2H3,(H,29,31). The van der Waals surface area contributed by atoms with Crippen LogP contribution in [0.3, 0.4) is 0 Å². The Kier molecular flexibility index (Phi) is 6.70. The molecule has 0 unspecified atom stereocenters. The van der Waals surface area contributed by atoms with Crippen molar-refractivity contribution in [3.05, 3.63) is 76.9 Å². The number of nitrogens with one attached hydrogen (secondary N) is 1. The number of ether oxygens (including phenoxy) is 1. The summed E-state index contributed by atoms with van der Waals surface area (Å²) in [6.45, 7) is 1.86. The number of halogens is 1. The van der Waals surface area contributed by atoms with Gasteiger partial charge in [0.05, 0.1) is 24.9 Å². The summed E-state index contributed by atoms with van der Waals surface area (Å²) in [6, 6.07) is 16.5. The minimum atomic E-state index is -0.406. The molecule has 0 spiro atoms. The molecule has 8 heteroatoms. The Morgan fingerprint density at radius 3 is 2.70 bits per heavy atom. The predicted octanol–water partition coefficient (Wildman–Crippen LogP) is 4.80. The van der Waals surface area contributed by atoms with E-state index in [9.17, 15) is 9.59 Å². The highest BCUT2D eigenvalue weighted by molar-refractivity contribution is 6.31. The summed E-state index contributed by atoms with van der Waals surface area (Å²) in [5, 5.41) is 3.22. The first-order valence-electron chi connectivity index (χ1n) is 10.5. The predicted molar refractivity (Wildman–Crippen MR) is 130 cm³/mol. The third-order valence-electron chi connectivity index (χ3n) is 5.33. The maximum Gasteiger partial charge on any atom is 0.244 e. The molecule has 0 radical (unpaired) electrons. The Morgan fingerprint density at radius 1 is 1.18 bits per heavy atom. The first kappa shape index (κ1) is 22.5. The fraction of sp³-hybridized carbons (Fsp3) is 0.200. The van der Waals surface area contributed by atoms with Crippen molar-refractivity contribution < 1.29 is 14.3 Å². The van der Waals surface area contributed by atoms with Crippen molar-refractivity contribution in [2.45, 2.75) is 19.8 Å². The topological polar surface area (TPSA) is 83.9 Å². The molecule has 0 aliphatic carbocycles. The highest BCUT2D eigenvalue weighted by Crippen LogP contribution is 2.31. The number of hydrogen-bond donors (Lipinski definition) is 1. The van der Waals surface area contributed by atoms with Gasteiger partial charge in [-0.05, 0) is 47.9 Å². The number of hydrogen-bond acceptors (Lipinski definition) is 5. The highest BCUT2D eigenvalue weighted by Gasteiger charge is 2.28. The molecular weight excluding hydrogens is 440 g/mol. The average molecular weight is 463 g/mol. The molecular formula is C25H23ClN4O3. The summed E-state index contributed by atoms with van der Waals surface area (Å²) in [7, 11) is 1.50. The van der Waals surface area contributed by atoms with E-state index < -0.39 is 5.91 Å². The van der Waals surface area contributed by atoms with Crippen molar-refractivity contribution in [3.63, 3.8) is 0 Å². The van der Waals surface area contributed by atoms with E-state index in [2.05, 4.69) is 17.2 Å². The maximum absolute atomic E-state index is 13.2. The molecule has 2 amide bonds. The molecule has 1 aliphatic heterocycles. The van der Waals surface area contributed by atoms with Gasteiger partial charge in [-0.2, -0.15) is 0 Å². The number of pyridine rings is 1. The summed E-state index contributed by atoms with van der Waals surface area (Å²) in [4.78, 5) is 36.5. The second-order valence-corrected chi connectivity index (χ2v) is 7.94. The van der Waals surface area contributed by atoms with Gasteiger partial charge < -0.3 is 10.1 Å². The van der Waals surface area contributed by atoms with Gasteiger partial charge in [-0.3, -0.25) is 14.5 Å². The second-order valence-electron chi connectivity index (χ2n) is 7.50. The Labute approximate surface area is 197 Å². The van der Waals surface area contributed by atoms with Gasteiger partial charge in [0.1, 0.15) is 18.0 Å². The van der Waals surface area contributed by atoms with E-state index >= 15 is 0 Å². The zero-order valence-electron chi connectivity index (χ0n) is 18.3. The molecule has 0 saturated heterocycles. The number of aliphatic imine (C=N–C) groups is 1. The van der Waals surface area contributed by atoms with Gasteiger partial charge in [-0.15, -0.1) is 0 Å². The van der Waals surface area contributed by atoms with Crippen LogP contribution in [-0.4, -0.2) is 36.2 Å². The van der Waals surface area contributed by atoms with Gasteiger partial charge in [0.2, 0.25) is 11.8 Å². The first-order chi connectivity index (χ1) is 16.0. The molecule has 4 rings (SSSR count). The van der Waals surface area contributed by atoms with Crippen LogP contribution in [0.25, 0.3) is 0 Å². The third kappa shape index (κ3) is 5.04. The van der Waals surface area contributed by atoms with Crippen molar-refractivity contribution in [3.8, 4) is 5.75 Å². The summed E-state index contributed by atoms with van der Waals surface area (Å²) in [6.07, 6.45) is 2.56. The van der Waals surface area contributed by atoms with Crippen molar-refractivity contribution >= 4 is 46.3 Å². The van der Waals surface area contributed by atoms with Crippen LogP contribution in [0, 0.1) is 0 Å². The Balaban J connectivity index is 1.60. The largest absolute Gasteiger partial charge is 0.495 e.